The zero-order valence-corrected chi connectivity index (χ0v) is 13.4. The fourth-order valence-corrected chi connectivity index (χ4v) is 3.90. The van der Waals surface area contributed by atoms with Crippen LogP contribution in [0.25, 0.3) is 0 Å². The standard InChI is InChI=1S/C16H31N3O/c1-4-20-14-11-16(17,15(14,2)3)12-18-7-9-19(10-8-18)13-5-6-13/h13-14H,4-12,17H2,1-3H3. The van der Waals surface area contributed by atoms with E-state index in [9.17, 15) is 0 Å². The molecular formula is C16H31N3O. The zero-order valence-electron chi connectivity index (χ0n) is 13.4. The predicted molar refractivity (Wildman–Crippen MR) is 81.8 cm³/mol. The van der Waals surface area contributed by atoms with Crippen LogP contribution in [-0.2, 0) is 4.74 Å². The molecule has 4 nitrogen and oxygen atoms in total. The molecule has 2 saturated carbocycles. The minimum atomic E-state index is -0.0748. The van der Waals surface area contributed by atoms with E-state index < -0.39 is 0 Å². The van der Waals surface area contributed by atoms with E-state index in [2.05, 4.69) is 30.6 Å². The molecular weight excluding hydrogens is 250 g/mol. The van der Waals surface area contributed by atoms with Gasteiger partial charge in [-0.1, -0.05) is 13.8 Å². The van der Waals surface area contributed by atoms with Gasteiger partial charge >= 0.3 is 0 Å². The van der Waals surface area contributed by atoms with Gasteiger partial charge in [0.2, 0.25) is 0 Å². The first-order valence-corrected chi connectivity index (χ1v) is 8.33. The highest BCUT2D eigenvalue weighted by Gasteiger charge is 2.58. The van der Waals surface area contributed by atoms with Crippen LogP contribution < -0.4 is 5.73 Å². The van der Waals surface area contributed by atoms with Crippen LogP contribution >= 0.6 is 0 Å². The van der Waals surface area contributed by atoms with Gasteiger partial charge in [0, 0.05) is 56.3 Å². The quantitative estimate of drug-likeness (QED) is 0.825. The molecule has 0 aromatic carbocycles. The van der Waals surface area contributed by atoms with Gasteiger partial charge in [-0.3, -0.25) is 9.80 Å². The largest absolute Gasteiger partial charge is 0.378 e. The summed E-state index contributed by atoms with van der Waals surface area (Å²) in [5.74, 6) is 0. The summed E-state index contributed by atoms with van der Waals surface area (Å²) in [5, 5.41) is 0. The van der Waals surface area contributed by atoms with Gasteiger partial charge in [-0.05, 0) is 26.2 Å². The van der Waals surface area contributed by atoms with Crippen molar-refractivity contribution in [3.63, 3.8) is 0 Å². The summed E-state index contributed by atoms with van der Waals surface area (Å²) < 4.78 is 5.83. The highest BCUT2D eigenvalue weighted by molar-refractivity contribution is 5.15. The molecule has 4 heteroatoms. The molecule has 116 valence electrons. The average Bonchev–Trinajstić information content (AvgIpc) is 3.24. The Labute approximate surface area is 123 Å². The fourth-order valence-electron chi connectivity index (χ4n) is 3.90. The van der Waals surface area contributed by atoms with Crippen LogP contribution in [0.5, 0.6) is 0 Å². The van der Waals surface area contributed by atoms with Gasteiger partial charge in [-0.25, -0.2) is 0 Å². The molecule has 0 spiro atoms. The van der Waals surface area contributed by atoms with Gasteiger partial charge in [0.05, 0.1) is 6.10 Å². The normalized spacial score (nSPS) is 38.7. The van der Waals surface area contributed by atoms with Crippen LogP contribution in [0, 0.1) is 5.41 Å². The molecule has 2 aliphatic carbocycles. The summed E-state index contributed by atoms with van der Waals surface area (Å²) in [7, 11) is 0. The van der Waals surface area contributed by atoms with E-state index in [4.69, 9.17) is 10.5 Å². The summed E-state index contributed by atoms with van der Waals surface area (Å²) >= 11 is 0. The van der Waals surface area contributed by atoms with Gasteiger partial charge < -0.3 is 10.5 Å². The van der Waals surface area contributed by atoms with Crippen LogP contribution in [0.2, 0.25) is 0 Å². The number of nitrogens with two attached hydrogens (primary N) is 1. The number of piperazine rings is 1. The molecule has 2 N–H and O–H groups in total. The second kappa shape index (κ2) is 5.24. The summed E-state index contributed by atoms with van der Waals surface area (Å²) in [6.45, 7) is 13.3. The Balaban J connectivity index is 1.50. The van der Waals surface area contributed by atoms with Crippen molar-refractivity contribution in [1.82, 2.24) is 9.80 Å². The summed E-state index contributed by atoms with van der Waals surface area (Å²) in [6.07, 6.45) is 4.19. The SMILES string of the molecule is CCOC1CC(N)(CN2CCN(C3CC3)CC2)C1(C)C. The van der Waals surface area contributed by atoms with Crippen molar-refractivity contribution in [2.45, 2.75) is 57.7 Å². The number of hydrogen-bond acceptors (Lipinski definition) is 4. The molecule has 0 radical (unpaired) electrons. The van der Waals surface area contributed by atoms with Gasteiger partial charge in [-0.15, -0.1) is 0 Å². The highest BCUT2D eigenvalue weighted by Crippen LogP contribution is 2.50. The molecule has 2 atom stereocenters. The van der Waals surface area contributed by atoms with Crippen molar-refractivity contribution in [1.29, 1.82) is 0 Å². The van der Waals surface area contributed by atoms with Crippen LogP contribution in [0.3, 0.4) is 0 Å². The summed E-state index contributed by atoms with van der Waals surface area (Å²) in [6, 6.07) is 0.909. The van der Waals surface area contributed by atoms with Crippen molar-refractivity contribution in [3.05, 3.63) is 0 Å². The number of rotatable bonds is 5. The smallest absolute Gasteiger partial charge is 0.0662 e. The van der Waals surface area contributed by atoms with Crippen LogP contribution in [-0.4, -0.2) is 66.8 Å². The van der Waals surface area contributed by atoms with Crippen molar-refractivity contribution in [3.8, 4) is 0 Å². The maximum Gasteiger partial charge on any atom is 0.0662 e. The first-order chi connectivity index (χ1) is 9.46. The van der Waals surface area contributed by atoms with Crippen molar-refractivity contribution >= 4 is 0 Å². The van der Waals surface area contributed by atoms with Crippen LogP contribution in [0.15, 0.2) is 0 Å². The Hall–Kier alpha value is -0.160. The van der Waals surface area contributed by atoms with Gasteiger partial charge in [0.25, 0.3) is 0 Å². The second-order valence-corrected chi connectivity index (χ2v) is 7.57. The number of ether oxygens (including phenoxy) is 1. The Morgan fingerprint density at radius 3 is 2.30 bits per heavy atom. The van der Waals surface area contributed by atoms with Crippen molar-refractivity contribution in [2.75, 3.05) is 39.3 Å². The maximum atomic E-state index is 6.70. The van der Waals surface area contributed by atoms with E-state index in [0.717, 1.165) is 25.6 Å². The average molecular weight is 281 g/mol. The summed E-state index contributed by atoms with van der Waals surface area (Å²) in [4.78, 5) is 5.23. The minimum Gasteiger partial charge on any atom is -0.378 e. The molecule has 0 aromatic heterocycles. The Morgan fingerprint density at radius 2 is 1.80 bits per heavy atom. The molecule has 0 amide bonds. The number of nitrogens with zero attached hydrogens (tertiary/aromatic N) is 2. The molecule has 3 rings (SSSR count). The van der Waals surface area contributed by atoms with E-state index in [0.29, 0.717) is 6.10 Å². The molecule has 1 heterocycles. The minimum absolute atomic E-state index is 0.0748. The van der Waals surface area contributed by atoms with Crippen LogP contribution in [0.4, 0.5) is 0 Å². The van der Waals surface area contributed by atoms with E-state index in [1.807, 2.05) is 0 Å². The van der Waals surface area contributed by atoms with Crippen molar-refractivity contribution in [2.24, 2.45) is 11.1 Å². The first-order valence-electron chi connectivity index (χ1n) is 8.33. The van der Waals surface area contributed by atoms with Gasteiger partial charge in [0.15, 0.2) is 0 Å². The highest BCUT2D eigenvalue weighted by atomic mass is 16.5. The Morgan fingerprint density at radius 1 is 1.15 bits per heavy atom. The summed E-state index contributed by atoms with van der Waals surface area (Å²) in [5.41, 5.74) is 6.72. The molecule has 1 aliphatic heterocycles. The molecule has 1 saturated heterocycles. The second-order valence-electron chi connectivity index (χ2n) is 7.57. The zero-order chi connectivity index (χ0) is 14.4. The van der Waals surface area contributed by atoms with E-state index in [-0.39, 0.29) is 11.0 Å². The molecule has 0 aromatic rings. The maximum absolute atomic E-state index is 6.70. The molecule has 2 unspecified atom stereocenters. The lowest BCUT2D eigenvalue weighted by atomic mass is 9.54. The molecule has 3 fully saturated rings. The third kappa shape index (κ3) is 2.52. The van der Waals surface area contributed by atoms with Crippen molar-refractivity contribution < 1.29 is 4.74 Å². The fraction of sp³-hybridized carbons (Fsp3) is 1.00. The lowest BCUT2D eigenvalue weighted by Crippen LogP contribution is -2.74. The molecule has 20 heavy (non-hydrogen) atoms. The van der Waals surface area contributed by atoms with Gasteiger partial charge in [-0.2, -0.15) is 0 Å². The monoisotopic (exact) mass is 281 g/mol. The van der Waals surface area contributed by atoms with E-state index in [1.54, 1.807) is 0 Å². The Bertz CT molecular complexity index is 348. The lowest BCUT2D eigenvalue weighted by Gasteiger charge is -2.60. The number of hydrogen-bond donors (Lipinski definition) is 1. The third-order valence-electron chi connectivity index (χ3n) is 5.98. The molecule has 0 bridgehead atoms. The van der Waals surface area contributed by atoms with E-state index in [1.165, 1.54) is 39.0 Å². The lowest BCUT2D eigenvalue weighted by molar-refractivity contribution is -0.157. The first kappa shape index (κ1) is 14.8. The van der Waals surface area contributed by atoms with Gasteiger partial charge in [0.1, 0.15) is 0 Å². The predicted octanol–water partition coefficient (Wildman–Crippen LogP) is 1.30. The Kier molecular flexibility index (Phi) is 3.87. The molecule has 3 aliphatic rings. The third-order valence-corrected chi connectivity index (χ3v) is 5.98. The topological polar surface area (TPSA) is 41.7 Å². The van der Waals surface area contributed by atoms with E-state index >= 15 is 0 Å². The van der Waals surface area contributed by atoms with Crippen LogP contribution in [0.1, 0.15) is 40.0 Å².